The van der Waals surface area contributed by atoms with Crippen LogP contribution in [0.25, 0.3) is 0 Å². The van der Waals surface area contributed by atoms with E-state index < -0.39 is 0 Å². The van der Waals surface area contributed by atoms with Gasteiger partial charge in [0, 0.05) is 18.3 Å². The molecule has 158 valence electrons. The summed E-state index contributed by atoms with van der Waals surface area (Å²) < 4.78 is 16.6. The molecule has 0 heterocycles. The van der Waals surface area contributed by atoms with Gasteiger partial charge < -0.3 is 30.2 Å². The van der Waals surface area contributed by atoms with Gasteiger partial charge in [0.05, 0.1) is 20.8 Å². The van der Waals surface area contributed by atoms with Crippen LogP contribution in [0.3, 0.4) is 0 Å². The van der Waals surface area contributed by atoms with E-state index in [1.54, 1.807) is 14.2 Å². The number of likely N-dealkylation sites (N-methyl/N-ethyl adjacent to an activating group) is 1. The number of ether oxygens (including phenoxy) is 3. The molecule has 2 aromatic carbocycles. The molecule has 0 aliphatic rings. The molecule has 0 aliphatic heterocycles. The molecule has 7 nitrogen and oxygen atoms in total. The molecule has 3 N–H and O–H groups in total. The predicted octanol–water partition coefficient (Wildman–Crippen LogP) is 3.35. The van der Waals surface area contributed by atoms with Crippen molar-refractivity contribution in [2.24, 2.45) is 10.7 Å². The number of nitrogens with two attached hydrogens (primary N) is 1. The summed E-state index contributed by atoms with van der Waals surface area (Å²) in [6, 6.07) is 13.3. The third kappa shape index (κ3) is 7.19. The molecule has 0 saturated carbocycles. The number of methoxy groups -OCH3 is 2. The van der Waals surface area contributed by atoms with E-state index in [1.165, 1.54) is 0 Å². The molecule has 7 heteroatoms. The Bertz CT molecular complexity index is 791. The number of anilines is 1. The van der Waals surface area contributed by atoms with E-state index in [1.807, 2.05) is 42.5 Å². The maximum atomic E-state index is 6.00. The van der Waals surface area contributed by atoms with E-state index in [0.29, 0.717) is 24.9 Å². The van der Waals surface area contributed by atoms with Crippen molar-refractivity contribution in [3.8, 4) is 17.2 Å². The molecule has 2 aromatic rings. The van der Waals surface area contributed by atoms with Crippen LogP contribution in [0.5, 0.6) is 17.2 Å². The van der Waals surface area contributed by atoms with Gasteiger partial charge in [0.1, 0.15) is 12.4 Å². The molecule has 29 heavy (non-hydrogen) atoms. The van der Waals surface area contributed by atoms with Crippen molar-refractivity contribution in [1.29, 1.82) is 0 Å². The Labute approximate surface area is 173 Å². The monoisotopic (exact) mass is 400 g/mol. The van der Waals surface area contributed by atoms with Gasteiger partial charge in [0.15, 0.2) is 17.5 Å². The molecule has 0 fully saturated rings. The fraction of sp³-hybridized carbons (Fsp3) is 0.409. The minimum Gasteiger partial charge on any atom is -0.497 e. The lowest BCUT2D eigenvalue weighted by Crippen LogP contribution is -2.27. The van der Waals surface area contributed by atoms with Crippen LogP contribution in [0.2, 0.25) is 0 Å². The summed E-state index contributed by atoms with van der Waals surface area (Å²) in [5.74, 6) is 2.51. The van der Waals surface area contributed by atoms with Gasteiger partial charge in [-0.2, -0.15) is 0 Å². The van der Waals surface area contributed by atoms with E-state index in [-0.39, 0.29) is 0 Å². The highest BCUT2D eigenvalue weighted by Gasteiger charge is 2.07. The molecule has 0 atom stereocenters. The first-order valence-corrected chi connectivity index (χ1v) is 9.82. The zero-order chi connectivity index (χ0) is 21.1. The Morgan fingerprint density at radius 2 is 1.83 bits per heavy atom. The van der Waals surface area contributed by atoms with Gasteiger partial charge in [-0.1, -0.05) is 26.0 Å². The van der Waals surface area contributed by atoms with Gasteiger partial charge in [-0.25, -0.2) is 4.99 Å². The van der Waals surface area contributed by atoms with Gasteiger partial charge >= 0.3 is 0 Å². The summed E-state index contributed by atoms with van der Waals surface area (Å²) >= 11 is 0. The second kappa shape index (κ2) is 11.8. The molecule has 0 spiro atoms. The molecule has 0 unspecified atom stereocenters. The van der Waals surface area contributed by atoms with Crippen LogP contribution in [0, 0.1) is 0 Å². The predicted molar refractivity (Wildman–Crippen MR) is 118 cm³/mol. The summed E-state index contributed by atoms with van der Waals surface area (Å²) in [5, 5.41) is 3.06. The van der Waals surface area contributed by atoms with Crippen LogP contribution >= 0.6 is 0 Å². The Kier molecular flexibility index (Phi) is 9.11. The molecule has 0 radical (unpaired) electrons. The summed E-state index contributed by atoms with van der Waals surface area (Å²) in [5.41, 5.74) is 7.80. The number of aliphatic imine (C=N–C) groups is 1. The van der Waals surface area contributed by atoms with Crippen LogP contribution in [0.15, 0.2) is 47.5 Å². The third-order valence-corrected chi connectivity index (χ3v) is 4.56. The third-order valence-electron chi connectivity index (χ3n) is 4.56. The lowest BCUT2D eigenvalue weighted by molar-refractivity contribution is 0.217. The minimum absolute atomic E-state index is 0.330. The fourth-order valence-corrected chi connectivity index (χ4v) is 2.82. The normalized spacial score (nSPS) is 11.4. The lowest BCUT2D eigenvalue weighted by atomic mass is 10.2. The summed E-state index contributed by atoms with van der Waals surface area (Å²) in [6.45, 7) is 8.25. The highest BCUT2D eigenvalue weighted by Crippen LogP contribution is 2.28. The first-order valence-electron chi connectivity index (χ1n) is 9.82. The average Bonchev–Trinajstić information content (AvgIpc) is 2.75. The molecule has 2 rings (SSSR count). The molecule has 0 amide bonds. The van der Waals surface area contributed by atoms with Crippen molar-refractivity contribution in [2.45, 2.75) is 20.4 Å². The summed E-state index contributed by atoms with van der Waals surface area (Å²) in [7, 11) is 3.26. The van der Waals surface area contributed by atoms with Crippen LogP contribution in [0.4, 0.5) is 5.69 Å². The Morgan fingerprint density at radius 3 is 2.52 bits per heavy atom. The number of nitrogens with one attached hydrogen (secondary N) is 1. The SMILES string of the molecule is CCN(CC)CCOc1ccc(CN=C(N)Nc2cccc(OC)c2)cc1OC. The smallest absolute Gasteiger partial charge is 0.193 e. The van der Waals surface area contributed by atoms with Crippen molar-refractivity contribution < 1.29 is 14.2 Å². The standard InChI is InChI=1S/C22H32N4O3/c1-5-26(6-2)12-13-29-20-11-10-17(14-21(20)28-4)16-24-22(23)25-18-8-7-9-19(15-18)27-3/h7-11,14-15H,5-6,12-13,16H2,1-4H3,(H3,23,24,25). The van der Waals surface area contributed by atoms with E-state index in [2.05, 4.69) is 29.1 Å². The topological polar surface area (TPSA) is 81.3 Å². The molecular weight excluding hydrogens is 368 g/mol. The van der Waals surface area contributed by atoms with Crippen LogP contribution in [-0.4, -0.2) is 51.3 Å². The number of rotatable bonds is 11. The quantitative estimate of drug-likeness (QED) is 0.445. The Morgan fingerprint density at radius 1 is 1.03 bits per heavy atom. The number of hydrogen-bond acceptors (Lipinski definition) is 5. The molecular formula is C22H32N4O3. The second-order valence-corrected chi connectivity index (χ2v) is 6.42. The van der Waals surface area contributed by atoms with E-state index >= 15 is 0 Å². The van der Waals surface area contributed by atoms with Crippen LogP contribution in [0.1, 0.15) is 19.4 Å². The maximum absolute atomic E-state index is 6.00. The minimum atomic E-state index is 0.330. The first kappa shape index (κ1) is 22.4. The molecule has 0 aromatic heterocycles. The molecule has 0 bridgehead atoms. The van der Waals surface area contributed by atoms with E-state index in [9.17, 15) is 0 Å². The average molecular weight is 401 g/mol. The van der Waals surface area contributed by atoms with Crippen molar-refractivity contribution >= 4 is 11.6 Å². The van der Waals surface area contributed by atoms with Crippen molar-refractivity contribution in [3.05, 3.63) is 48.0 Å². The van der Waals surface area contributed by atoms with E-state index in [0.717, 1.165) is 42.4 Å². The zero-order valence-corrected chi connectivity index (χ0v) is 17.8. The largest absolute Gasteiger partial charge is 0.497 e. The van der Waals surface area contributed by atoms with Gasteiger partial charge in [0.25, 0.3) is 0 Å². The highest BCUT2D eigenvalue weighted by molar-refractivity contribution is 5.92. The fourth-order valence-electron chi connectivity index (χ4n) is 2.82. The van der Waals surface area contributed by atoms with Crippen molar-refractivity contribution in [3.63, 3.8) is 0 Å². The van der Waals surface area contributed by atoms with Gasteiger partial charge in [-0.05, 0) is 42.9 Å². The Balaban J connectivity index is 1.95. The number of guanidine groups is 1. The zero-order valence-electron chi connectivity index (χ0n) is 17.8. The van der Waals surface area contributed by atoms with Crippen molar-refractivity contribution in [2.75, 3.05) is 45.8 Å². The lowest BCUT2D eigenvalue weighted by Gasteiger charge is -2.18. The number of benzene rings is 2. The van der Waals surface area contributed by atoms with E-state index in [4.69, 9.17) is 19.9 Å². The number of nitrogens with zero attached hydrogens (tertiary/aromatic N) is 2. The van der Waals surface area contributed by atoms with Crippen LogP contribution < -0.4 is 25.3 Å². The summed E-state index contributed by atoms with van der Waals surface area (Å²) in [6.07, 6.45) is 0. The van der Waals surface area contributed by atoms with Gasteiger partial charge in [-0.3, -0.25) is 0 Å². The second-order valence-electron chi connectivity index (χ2n) is 6.42. The highest BCUT2D eigenvalue weighted by atomic mass is 16.5. The maximum Gasteiger partial charge on any atom is 0.193 e. The number of hydrogen-bond donors (Lipinski definition) is 2. The summed E-state index contributed by atoms with van der Waals surface area (Å²) in [4.78, 5) is 6.71. The molecule has 0 aliphatic carbocycles. The van der Waals surface area contributed by atoms with Gasteiger partial charge in [-0.15, -0.1) is 0 Å². The van der Waals surface area contributed by atoms with Crippen molar-refractivity contribution in [1.82, 2.24) is 4.90 Å². The van der Waals surface area contributed by atoms with Crippen LogP contribution in [-0.2, 0) is 6.54 Å². The Hall–Kier alpha value is -2.93. The molecule has 0 saturated heterocycles. The first-order chi connectivity index (χ1) is 14.1. The van der Waals surface area contributed by atoms with Gasteiger partial charge in [0.2, 0.25) is 0 Å².